The smallest absolute Gasteiger partial charge is 0.223 e. The molecule has 0 saturated carbocycles. The molecule has 1 unspecified atom stereocenters. The first kappa shape index (κ1) is 15.9. The lowest BCUT2D eigenvalue weighted by Crippen LogP contribution is -2.30. The molecule has 1 aromatic carbocycles. The maximum absolute atomic E-state index is 12.7. The van der Waals surface area contributed by atoms with E-state index in [9.17, 15) is 4.79 Å². The van der Waals surface area contributed by atoms with Crippen LogP contribution in [0.3, 0.4) is 0 Å². The standard InChI is InChI=1S/C20H23N3O2/c1-14-12-18(22-25-14)19-9-5-11-23(19)20(24)10-4-6-15-13-21-17-8-3-2-7-16(15)17/h2-3,7-8,12-13,19,21H,4-6,9-11H2,1H3. The number of nitrogens with zero attached hydrogens (tertiary/aromatic N) is 2. The molecule has 2 aromatic heterocycles. The molecule has 0 aliphatic carbocycles. The summed E-state index contributed by atoms with van der Waals surface area (Å²) < 4.78 is 5.18. The fourth-order valence-electron chi connectivity index (χ4n) is 3.83. The number of amides is 1. The largest absolute Gasteiger partial charge is 0.361 e. The van der Waals surface area contributed by atoms with Crippen molar-refractivity contribution in [3.63, 3.8) is 0 Å². The Morgan fingerprint density at radius 3 is 3.12 bits per heavy atom. The highest BCUT2D eigenvalue weighted by molar-refractivity contribution is 5.83. The van der Waals surface area contributed by atoms with Crippen LogP contribution in [0.15, 0.2) is 41.1 Å². The lowest BCUT2D eigenvalue weighted by Gasteiger charge is -2.23. The zero-order chi connectivity index (χ0) is 17.2. The summed E-state index contributed by atoms with van der Waals surface area (Å²) in [6, 6.07) is 10.3. The first-order chi connectivity index (χ1) is 12.2. The van der Waals surface area contributed by atoms with Crippen molar-refractivity contribution in [2.45, 2.75) is 45.1 Å². The van der Waals surface area contributed by atoms with Gasteiger partial charge in [0.2, 0.25) is 5.91 Å². The van der Waals surface area contributed by atoms with Crippen LogP contribution in [0.4, 0.5) is 0 Å². The Morgan fingerprint density at radius 1 is 1.40 bits per heavy atom. The van der Waals surface area contributed by atoms with E-state index >= 15 is 0 Å². The minimum atomic E-state index is 0.0815. The van der Waals surface area contributed by atoms with Gasteiger partial charge in [0.15, 0.2) is 0 Å². The Hall–Kier alpha value is -2.56. The summed E-state index contributed by atoms with van der Waals surface area (Å²) in [5, 5.41) is 5.37. The Balaban J connectivity index is 1.37. The van der Waals surface area contributed by atoms with Gasteiger partial charge in [0.25, 0.3) is 0 Å². The Kier molecular flexibility index (Phi) is 4.30. The van der Waals surface area contributed by atoms with Crippen LogP contribution >= 0.6 is 0 Å². The summed E-state index contributed by atoms with van der Waals surface area (Å²) in [6.45, 7) is 2.71. The molecule has 1 aliphatic heterocycles. The Morgan fingerprint density at radius 2 is 2.28 bits per heavy atom. The van der Waals surface area contributed by atoms with Gasteiger partial charge >= 0.3 is 0 Å². The molecule has 25 heavy (non-hydrogen) atoms. The average Bonchev–Trinajstić information content (AvgIpc) is 3.34. The number of hydrogen-bond acceptors (Lipinski definition) is 3. The van der Waals surface area contributed by atoms with Crippen LogP contribution in [0.1, 0.15) is 48.7 Å². The number of fused-ring (bicyclic) bond motifs is 1. The van der Waals surface area contributed by atoms with Gasteiger partial charge in [0, 0.05) is 36.1 Å². The summed E-state index contributed by atoms with van der Waals surface area (Å²) >= 11 is 0. The van der Waals surface area contributed by atoms with E-state index in [0.29, 0.717) is 6.42 Å². The zero-order valence-corrected chi connectivity index (χ0v) is 14.5. The van der Waals surface area contributed by atoms with Crippen molar-refractivity contribution in [1.82, 2.24) is 15.0 Å². The van der Waals surface area contributed by atoms with Crippen LogP contribution in [0.25, 0.3) is 10.9 Å². The van der Waals surface area contributed by atoms with E-state index in [1.54, 1.807) is 0 Å². The topological polar surface area (TPSA) is 62.1 Å². The first-order valence-corrected chi connectivity index (χ1v) is 9.00. The van der Waals surface area contributed by atoms with Gasteiger partial charge in [0.05, 0.1) is 6.04 Å². The van der Waals surface area contributed by atoms with Gasteiger partial charge in [-0.25, -0.2) is 0 Å². The molecule has 5 nitrogen and oxygen atoms in total. The molecule has 1 amide bonds. The maximum atomic E-state index is 12.7. The molecule has 1 saturated heterocycles. The average molecular weight is 337 g/mol. The highest BCUT2D eigenvalue weighted by Crippen LogP contribution is 2.32. The number of aryl methyl sites for hydroxylation is 2. The molecule has 5 heteroatoms. The summed E-state index contributed by atoms with van der Waals surface area (Å²) in [6.07, 6.45) is 6.42. The lowest BCUT2D eigenvalue weighted by molar-refractivity contribution is -0.132. The van der Waals surface area contributed by atoms with Crippen molar-refractivity contribution in [1.29, 1.82) is 0 Å². The first-order valence-electron chi connectivity index (χ1n) is 9.00. The number of aromatic nitrogens is 2. The number of para-hydroxylation sites is 1. The van der Waals surface area contributed by atoms with E-state index in [2.05, 4.69) is 34.5 Å². The minimum absolute atomic E-state index is 0.0815. The van der Waals surface area contributed by atoms with E-state index in [4.69, 9.17) is 4.52 Å². The normalized spacial score (nSPS) is 17.5. The van der Waals surface area contributed by atoms with Gasteiger partial charge < -0.3 is 14.4 Å². The fraction of sp³-hybridized carbons (Fsp3) is 0.400. The van der Waals surface area contributed by atoms with Crippen LogP contribution in [-0.2, 0) is 11.2 Å². The molecule has 3 aromatic rings. The second kappa shape index (κ2) is 6.75. The van der Waals surface area contributed by atoms with Crippen molar-refractivity contribution in [2.24, 2.45) is 0 Å². The maximum Gasteiger partial charge on any atom is 0.223 e. The number of carbonyl (C=O) groups is 1. The Bertz CT molecular complexity index is 880. The van der Waals surface area contributed by atoms with Gasteiger partial charge in [0.1, 0.15) is 11.5 Å². The molecule has 0 radical (unpaired) electrons. The predicted octanol–water partition coefficient (Wildman–Crippen LogP) is 4.15. The van der Waals surface area contributed by atoms with Crippen molar-refractivity contribution in [3.05, 3.63) is 53.5 Å². The lowest BCUT2D eigenvalue weighted by atomic mass is 10.1. The molecule has 1 aliphatic rings. The van der Waals surface area contributed by atoms with E-state index in [1.807, 2.05) is 24.0 Å². The second-order valence-corrected chi connectivity index (χ2v) is 6.82. The van der Waals surface area contributed by atoms with Gasteiger partial charge in [-0.1, -0.05) is 23.4 Å². The fourth-order valence-corrected chi connectivity index (χ4v) is 3.83. The number of hydrogen-bond donors (Lipinski definition) is 1. The van der Waals surface area contributed by atoms with Crippen molar-refractivity contribution in [3.8, 4) is 0 Å². The molecule has 3 heterocycles. The van der Waals surface area contributed by atoms with Crippen LogP contribution in [0, 0.1) is 6.92 Å². The van der Waals surface area contributed by atoms with Gasteiger partial charge in [-0.05, 0) is 44.2 Å². The zero-order valence-electron chi connectivity index (χ0n) is 14.5. The summed E-state index contributed by atoms with van der Waals surface area (Å²) in [5.74, 6) is 1.02. The third-order valence-corrected chi connectivity index (χ3v) is 5.07. The van der Waals surface area contributed by atoms with Crippen LogP contribution < -0.4 is 0 Å². The molecule has 4 rings (SSSR count). The second-order valence-electron chi connectivity index (χ2n) is 6.82. The van der Waals surface area contributed by atoms with Crippen LogP contribution in [-0.4, -0.2) is 27.5 Å². The SMILES string of the molecule is Cc1cc(C2CCCN2C(=O)CCCc2c[nH]c3ccccc23)no1. The molecule has 1 N–H and O–H groups in total. The highest BCUT2D eigenvalue weighted by atomic mass is 16.5. The van der Waals surface area contributed by atoms with Crippen molar-refractivity contribution >= 4 is 16.8 Å². The highest BCUT2D eigenvalue weighted by Gasteiger charge is 2.31. The van der Waals surface area contributed by atoms with Crippen LogP contribution in [0.5, 0.6) is 0 Å². The summed E-state index contributed by atoms with van der Waals surface area (Å²) in [4.78, 5) is 18.0. The molecule has 0 bridgehead atoms. The van der Waals surface area contributed by atoms with E-state index < -0.39 is 0 Å². The van der Waals surface area contributed by atoms with Gasteiger partial charge in [-0.2, -0.15) is 0 Å². The molecule has 0 spiro atoms. The summed E-state index contributed by atoms with van der Waals surface area (Å²) in [7, 11) is 0. The number of nitrogens with one attached hydrogen (secondary N) is 1. The molecule has 130 valence electrons. The van der Waals surface area contributed by atoms with Crippen molar-refractivity contribution < 1.29 is 9.32 Å². The van der Waals surface area contributed by atoms with Crippen LogP contribution in [0.2, 0.25) is 0 Å². The van der Waals surface area contributed by atoms with Gasteiger partial charge in [-0.15, -0.1) is 0 Å². The van der Waals surface area contributed by atoms with E-state index in [1.165, 1.54) is 10.9 Å². The molecule has 1 fully saturated rings. The summed E-state index contributed by atoms with van der Waals surface area (Å²) in [5.41, 5.74) is 3.33. The molecular formula is C20H23N3O2. The molecular weight excluding hydrogens is 314 g/mol. The number of benzene rings is 1. The molecule has 1 atom stereocenters. The van der Waals surface area contributed by atoms with Crippen molar-refractivity contribution in [2.75, 3.05) is 6.54 Å². The number of carbonyl (C=O) groups excluding carboxylic acids is 1. The van der Waals surface area contributed by atoms with E-state index in [0.717, 1.165) is 49.2 Å². The number of likely N-dealkylation sites (tertiary alicyclic amines) is 1. The number of H-pyrrole nitrogens is 1. The third kappa shape index (κ3) is 3.18. The quantitative estimate of drug-likeness (QED) is 0.761. The van der Waals surface area contributed by atoms with Gasteiger partial charge in [-0.3, -0.25) is 4.79 Å². The third-order valence-electron chi connectivity index (χ3n) is 5.07. The Labute approximate surface area is 147 Å². The van der Waals surface area contributed by atoms with E-state index in [-0.39, 0.29) is 11.9 Å². The monoisotopic (exact) mass is 337 g/mol. The minimum Gasteiger partial charge on any atom is -0.361 e. The number of rotatable bonds is 5. The predicted molar refractivity (Wildman–Crippen MR) is 96.2 cm³/mol. The number of aromatic amines is 1.